The highest BCUT2D eigenvalue weighted by atomic mass is 15.5. The molecule has 66 valence electrons. The molecular formula is C8H14N4. The Kier molecular flexibility index (Phi) is 2.96. The number of rotatable bonds is 3. The van der Waals surface area contributed by atoms with Gasteiger partial charge in [-0.2, -0.15) is 5.10 Å². The van der Waals surface area contributed by atoms with Crippen molar-refractivity contribution in [3.63, 3.8) is 0 Å². The number of hydrogen-bond donors (Lipinski definition) is 0. The van der Waals surface area contributed by atoms with Crippen LogP contribution in [-0.4, -0.2) is 20.6 Å². The maximum absolute atomic E-state index is 4.25. The Morgan fingerprint density at radius 3 is 2.92 bits per heavy atom. The lowest BCUT2D eigenvalue weighted by Gasteiger charge is -2.05. The predicted octanol–water partition coefficient (Wildman–Crippen LogP) is 1.55. The molecule has 1 atom stereocenters. The molecule has 0 radical (unpaired) electrons. The first kappa shape index (κ1) is 8.90. The van der Waals surface area contributed by atoms with Crippen LogP contribution in [0.25, 0.3) is 0 Å². The Morgan fingerprint density at radius 1 is 1.67 bits per heavy atom. The van der Waals surface area contributed by atoms with Crippen LogP contribution in [0, 0.1) is 5.92 Å². The van der Waals surface area contributed by atoms with Crippen molar-refractivity contribution >= 4 is 5.71 Å². The Balaban J connectivity index is 2.69. The van der Waals surface area contributed by atoms with Crippen molar-refractivity contribution in [2.45, 2.75) is 27.2 Å². The van der Waals surface area contributed by atoms with E-state index in [1.807, 2.05) is 6.92 Å². The lowest BCUT2D eigenvalue weighted by molar-refractivity contribution is 0.686. The number of hydrogen-bond acceptors (Lipinski definition) is 3. The summed E-state index contributed by atoms with van der Waals surface area (Å²) in [6.07, 6.45) is 4.17. The SMILES string of the molecule is CCC(C)/C(C)=N/n1cncn1. The summed E-state index contributed by atoms with van der Waals surface area (Å²) in [4.78, 5) is 5.29. The van der Waals surface area contributed by atoms with Crippen LogP contribution in [0.3, 0.4) is 0 Å². The van der Waals surface area contributed by atoms with Crippen molar-refractivity contribution in [1.29, 1.82) is 0 Å². The van der Waals surface area contributed by atoms with Crippen LogP contribution in [-0.2, 0) is 0 Å². The van der Waals surface area contributed by atoms with Gasteiger partial charge in [0.25, 0.3) is 0 Å². The Morgan fingerprint density at radius 2 is 2.42 bits per heavy atom. The molecule has 0 N–H and O–H groups in total. The summed E-state index contributed by atoms with van der Waals surface area (Å²) >= 11 is 0. The smallest absolute Gasteiger partial charge is 0.139 e. The van der Waals surface area contributed by atoms with Gasteiger partial charge in [0, 0.05) is 5.71 Å². The van der Waals surface area contributed by atoms with Gasteiger partial charge in [0.1, 0.15) is 12.7 Å². The van der Waals surface area contributed by atoms with E-state index in [2.05, 4.69) is 29.0 Å². The average Bonchev–Trinajstić information content (AvgIpc) is 2.55. The third kappa shape index (κ3) is 2.15. The molecule has 0 amide bonds. The van der Waals surface area contributed by atoms with Gasteiger partial charge in [-0.25, -0.2) is 4.98 Å². The second-order valence-electron chi connectivity index (χ2n) is 2.87. The highest BCUT2D eigenvalue weighted by Gasteiger charge is 2.02. The second-order valence-corrected chi connectivity index (χ2v) is 2.87. The van der Waals surface area contributed by atoms with Crippen LogP contribution >= 0.6 is 0 Å². The molecule has 12 heavy (non-hydrogen) atoms. The van der Waals surface area contributed by atoms with E-state index in [9.17, 15) is 0 Å². The van der Waals surface area contributed by atoms with Gasteiger partial charge >= 0.3 is 0 Å². The van der Waals surface area contributed by atoms with Crippen molar-refractivity contribution in [1.82, 2.24) is 14.9 Å². The van der Waals surface area contributed by atoms with E-state index in [-0.39, 0.29) is 0 Å². The minimum Gasteiger partial charge on any atom is -0.221 e. The largest absolute Gasteiger partial charge is 0.221 e. The Labute approximate surface area is 72.3 Å². The van der Waals surface area contributed by atoms with Gasteiger partial charge in [-0.05, 0) is 19.3 Å². The maximum Gasteiger partial charge on any atom is 0.139 e. The molecule has 0 aromatic carbocycles. The summed E-state index contributed by atoms with van der Waals surface area (Å²) in [5, 5.41) is 8.14. The van der Waals surface area contributed by atoms with Gasteiger partial charge in [0.15, 0.2) is 0 Å². The molecule has 0 spiro atoms. The minimum atomic E-state index is 0.509. The monoisotopic (exact) mass is 166 g/mol. The zero-order chi connectivity index (χ0) is 8.97. The minimum absolute atomic E-state index is 0.509. The molecule has 0 saturated carbocycles. The van der Waals surface area contributed by atoms with Crippen LogP contribution in [0.2, 0.25) is 0 Å². The van der Waals surface area contributed by atoms with Gasteiger partial charge < -0.3 is 0 Å². The van der Waals surface area contributed by atoms with E-state index in [0.717, 1.165) is 12.1 Å². The van der Waals surface area contributed by atoms with Crippen LogP contribution in [0.5, 0.6) is 0 Å². The van der Waals surface area contributed by atoms with Gasteiger partial charge in [-0.1, -0.05) is 13.8 Å². The lowest BCUT2D eigenvalue weighted by atomic mass is 10.1. The Bertz CT molecular complexity index is 250. The summed E-state index contributed by atoms with van der Waals surface area (Å²) in [5.74, 6) is 0.509. The number of nitrogens with zero attached hydrogens (tertiary/aromatic N) is 4. The normalized spacial score (nSPS) is 14.8. The summed E-state index contributed by atoms with van der Waals surface area (Å²) in [6, 6.07) is 0. The van der Waals surface area contributed by atoms with E-state index in [1.54, 1.807) is 6.33 Å². The fraction of sp³-hybridized carbons (Fsp3) is 0.625. The summed E-state index contributed by atoms with van der Waals surface area (Å²) < 4.78 is 0. The van der Waals surface area contributed by atoms with Crippen molar-refractivity contribution in [3.05, 3.63) is 12.7 Å². The quantitative estimate of drug-likeness (QED) is 0.639. The topological polar surface area (TPSA) is 43.1 Å². The van der Waals surface area contributed by atoms with Crippen molar-refractivity contribution in [2.75, 3.05) is 0 Å². The van der Waals surface area contributed by atoms with Crippen LogP contribution in [0.1, 0.15) is 27.2 Å². The summed E-state index contributed by atoms with van der Waals surface area (Å²) in [6.45, 7) is 6.30. The average molecular weight is 166 g/mol. The standard InChI is InChI=1S/C8H14N4/c1-4-7(2)8(3)11-12-6-9-5-10-12/h5-7H,4H2,1-3H3/b11-8+. The Hall–Kier alpha value is -1.19. The van der Waals surface area contributed by atoms with E-state index in [1.165, 1.54) is 11.1 Å². The summed E-state index contributed by atoms with van der Waals surface area (Å²) in [7, 11) is 0. The molecule has 0 aliphatic rings. The molecule has 4 heteroatoms. The molecule has 0 bridgehead atoms. The second kappa shape index (κ2) is 3.99. The highest BCUT2D eigenvalue weighted by Crippen LogP contribution is 2.03. The molecule has 1 rings (SSSR count). The first-order chi connectivity index (χ1) is 5.74. The fourth-order valence-corrected chi connectivity index (χ4v) is 0.809. The van der Waals surface area contributed by atoms with Crippen molar-refractivity contribution in [2.24, 2.45) is 11.0 Å². The third-order valence-electron chi connectivity index (χ3n) is 1.99. The number of aromatic nitrogens is 3. The zero-order valence-electron chi connectivity index (χ0n) is 7.73. The van der Waals surface area contributed by atoms with Gasteiger partial charge in [0.2, 0.25) is 0 Å². The van der Waals surface area contributed by atoms with E-state index < -0.39 is 0 Å². The molecule has 4 nitrogen and oxygen atoms in total. The molecule has 1 heterocycles. The summed E-state index contributed by atoms with van der Waals surface area (Å²) in [5.41, 5.74) is 1.09. The molecular weight excluding hydrogens is 152 g/mol. The van der Waals surface area contributed by atoms with Crippen LogP contribution < -0.4 is 0 Å². The maximum atomic E-state index is 4.25. The van der Waals surface area contributed by atoms with Gasteiger partial charge in [-0.3, -0.25) is 0 Å². The van der Waals surface area contributed by atoms with Crippen LogP contribution in [0.4, 0.5) is 0 Å². The molecule has 1 aromatic heterocycles. The van der Waals surface area contributed by atoms with Crippen molar-refractivity contribution in [3.8, 4) is 0 Å². The molecule has 0 aliphatic heterocycles. The van der Waals surface area contributed by atoms with E-state index in [4.69, 9.17) is 0 Å². The molecule has 1 aromatic rings. The molecule has 0 fully saturated rings. The molecule has 1 unspecified atom stereocenters. The highest BCUT2D eigenvalue weighted by molar-refractivity contribution is 5.83. The fourth-order valence-electron chi connectivity index (χ4n) is 0.809. The predicted molar refractivity (Wildman–Crippen MR) is 48.0 cm³/mol. The third-order valence-corrected chi connectivity index (χ3v) is 1.99. The first-order valence-electron chi connectivity index (χ1n) is 4.14. The lowest BCUT2D eigenvalue weighted by Crippen LogP contribution is -2.07. The van der Waals surface area contributed by atoms with Gasteiger partial charge in [0.05, 0.1) is 0 Å². The zero-order valence-corrected chi connectivity index (χ0v) is 7.73. The molecule has 0 saturated heterocycles. The first-order valence-corrected chi connectivity index (χ1v) is 4.14. The molecule has 0 aliphatic carbocycles. The van der Waals surface area contributed by atoms with Crippen LogP contribution in [0.15, 0.2) is 17.8 Å². The van der Waals surface area contributed by atoms with Crippen molar-refractivity contribution < 1.29 is 0 Å². The van der Waals surface area contributed by atoms with E-state index >= 15 is 0 Å². The van der Waals surface area contributed by atoms with Gasteiger partial charge in [-0.15, -0.1) is 9.89 Å². The van der Waals surface area contributed by atoms with E-state index in [0.29, 0.717) is 5.92 Å².